The fourth-order valence-corrected chi connectivity index (χ4v) is 1.52. The molecule has 1 radical (unpaired) electrons. The van der Waals surface area contributed by atoms with E-state index in [0.717, 1.165) is 18.4 Å². The summed E-state index contributed by atoms with van der Waals surface area (Å²) in [5, 5.41) is 0. The van der Waals surface area contributed by atoms with Crippen molar-refractivity contribution >= 4 is 11.9 Å². The van der Waals surface area contributed by atoms with Gasteiger partial charge in [-0.15, -0.1) is 0 Å². The molecule has 1 aromatic rings. The van der Waals surface area contributed by atoms with Crippen molar-refractivity contribution in [3.05, 3.63) is 41.8 Å². The fourth-order valence-electron chi connectivity index (χ4n) is 1.52. The minimum absolute atomic E-state index is 0.215. The summed E-state index contributed by atoms with van der Waals surface area (Å²) in [7, 11) is 2.55. The molecule has 4 nitrogen and oxygen atoms in total. The minimum Gasteiger partial charge on any atom is -0.465 e. The first-order valence-corrected chi connectivity index (χ1v) is 5.22. The highest BCUT2D eigenvalue weighted by atomic mass is 16.5. The molecule has 0 aliphatic rings. The number of hydrogen-bond donors (Lipinski definition) is 0. The molecule has 0 N–H and O–H groups in total. The van der Waals surface area contributed by atoms with Crippen LogP contribution in [-0.4, -0.2) is 26.2 Å². The third-order valence-corrected chi connectivity index (χ3v) is 2.36. The molecule has 0 aliphatic heterocycles. The van der Waals surface area contributed by atoms with Gasteiger partial charge in [0.1, 0.15) is 0 Å². The Morgan fingerprint density at radius 2 is 1.71 bits per heavy atom. The first kappa shape index (κ1) is 13.2. The maximum Gasteiger partial charge on any atom is 0.338 e. The van der Waals surface area contributed by atoms with Crippen molar-refractivity contribution < 1.29 is 19.1 Å². The molecule has 17 heavy (non-hydrogen) atoms. The van der Waals surface area contributed by atoms with E-state index >= 15 is 0 Å². The number of aryl methyl sites for hydroxylation is 1. The number of esters is 2. The number of benzene rings is 1. The smallest absolute Gasteiger partial charge is 0.338 e. The summed E-state index contributed by atoms with van der Waals surface area (Å²) >= 11 is 0. The Bertz CT molecular complexity index is 423. The van der Waals surface area contributed by atoms with Crippen molar-refractivity contribution in [3.8, 4) is 0 Å². The van der Waals surface area contributed by atoms with E-state index in [4.69, 9.17) is 0 Å². The zero-order valence-electron chi connectivity index (χ0n) is 9.99. The monoisotopic (exact) mass is 235 g/mol. The van der Waals surface area contributed by atoms with Gasteiger partial charge in [0.15, 0.2) is 0 Å². The van der Waals surface area contributed by atoms with E-state index in [2.05, 4.69) is 16.4 Å². The van der Waals surface area contributed by atoms with Gasteiger partial charge in [-0.3, -0.25) is 0 Å². The van der Waals surface area contributed by atoms with E-state index in [-0.39, 0.29) is 11.1 Å². The van der Waals surface area contributed by atoms with Crippen LogP contribution in [0.1, 0.15) is 32.7 Å². The van der Waals surface area contributed by atoms with E-state index in [1.165, 1.54) is 14.2 Å². The maximum atomic E-state index is 11.6. The second-order valence-corrected chi connectivity index (χ2v) is 3.47. The normalized spacial score (nSPS) is 9.82. The van der Waals surface area contributed by atoms with Crippen LogP contribution in [0.3, 0.4) is 0 Å². The molecule has 0 heterocycles. The van der Waals surface area contributed by atoms with Gasteiger partial charge in [-0.1, -0.05) is 13.0 Å². The molecule has 0 fully saturated rings. The lowest BCUT2D eigenvalue weighted by Gasteiger charge is -2.08. The van der Waals surface area contributed by atoms with Crippen molar-refractivity contribution in [1.29, 1.82) is 0 Å². The number of rotatable bonds is 4. The van der Waals surface area contributed by atoms with Crippen molar-refractivity contribution in [2.24, 2.45) is 0 Å². The highest BCUT2D eigenvalue weighted by Crippen LogP contribution is 2.15. The number of carbonyl (C=O) groups excluding carboxylic acids is 2. The van der Waals surface area contributed by atoms with Gasteiger partial charge in [-0.05, 0) is 30.5 Å². The summed E-state index contributed by atoms with van der Waals surface area (Å²) in [6.07, 6.45) is 1.46. The molecule has 0 saturated carbocycles. The summed E-state index contributed by atoms with van der Waals surface area (Å²) in [6.45, 7) is 3.74. The van der Waals surface area contributed by atoms with Gasteiger partial charge in [0.25, 0.3) is 0 Å². The lowest BCUT2D eigenvalue weighted by molar-refractivity contribution is 0.0555. The Balaban J connectivity index is 3.21. The van der Waals surface area contributed by atoms with Gasteiger partial charge in [0.2, 0.25) is 0 Å². The largest absolute Gasteiger partial charge is 0.465 e. The topological polar surface area (TPSA) is 52.6 Å². The van der Waals surface area contributed by atoms with Crippen LogP contribution in [0.5, 0.6) is 0 Å². The average molecular weight is 235 g/mol. The maximum absolute atomic E-state index is 11.6. The first-order valence-electron chi connectivity index (χ1n) is 5.22. The molecular weight excluding hydrogens is 220 g/mol. The Labute approximate surface area is 101 Å². The van der Waals surface area contributed by atoms with Crippen LogP contribution < -0.4 is 0 Å². The SMILES string of the molecule is [CH2]CCc1ccc(C(=O)OC)c(C(=O)OC)c1. The zero-order valence-corrected chi connectivity index (χ0v) is 9.99. The van der Waals surface area contributed by atoms with Gasteiger partial charge in [-0.2, -0.15) is 0 Å². The average Bonchev–Trinajstić information content (AvgIpc) is 2.37. The predicted octanol–water partition coefficient (Wildman–Crippen LogP) is 2.03. The van der Waals surface area contributed by atoms with E-state index in [9.17, 15) is 9.59 Å². The Kier molecular flexibility index (Phi) is 4.69. The molecule has 0 atom stereocenters. The summed E-state index contributed by atoms with van der Waals surface area (Å²) < 4.78 is 9.25. The number of carbonyl (C=O) groups is 2. The van der Waals surface area contributed by atoms with E-state index in [0.29, 0.717) is 0 Å². The van der Waals surface area contributed by atoms with Gasteiger partial charge in [0, 0.05) is 0 Å². The molecule has 4 heteroatoms. The Hall–Kier alpha value is -1.84. The number of methoxy groups -OCH3 is 2. The van der Waals surface area contributed by atoms with Crippen LogP contribution in [0.25, 0.3) is 0 Å². The summed E-state index contributed by atoms with van der Waals surface area (Å²) in [5.74, 6) is -1.09. The van der Waals surface area contributed by atoms with E-state index in [1.807, 2.05) is 0 Å². The van der Waals surface area contributed by atoms with Crippen LogP contribution >= 0.6 is 0 Å². The quantitative estimate of drug-likeness (QED) is 0.749. The Morgan fingerprint density at radius 3 is 2.24 bits per heavy atom. The van der Waals surface area contributed by atoms with Gasteiger partial charge < -0.3 is 9.47 Å². The van der Waals surface area contributed by atoms with Crippen LogP contribution in [0.15, 0.2) is 18.2 Å². The lowest BCUT2D eigenvalue weighted by Crippen LogP contribution is -2.12. The standard InChI is InChI=1S/C13H15O4/c1-4-5-9-6-7-10(12(14)16-2)11(8-9)13(15)17-3/h6-8H,1,4-5H2,2-3H3. The molecule has 0 saturated heterocycles. The summed E-state index contributed by atoms with van der Waals surface area (Å²) in [4.78, 5) is 23.0. The van der Waals surface area contributed by atoms with Gasteiger partial charge in [0.05, 0.1) is 25.3 Å². The molecule has 0 amide bonds. The van der Waals surface area contributed by atoms with Crippen molar-refractivity contribution in [2.45, 2.75) is 12.8 Å². The molecule has 0 aliphatic carbocycles. The summed E-state index contributed by atoms with van der Waals surface area (Å²) in [5.41, 5.74) is 1.38. The highest BCUT2D eigenvalue weighted by Gasteiger charge is 2.18. The number of ether oxygens (including phenoxy) is 2. The molecule has 0 spiro atoms. The highest BCUT2D eigenvalue weighted by molar-refractivity contribution is 6.03. The number of hydrogen-bond acceptors (Lipinski definition) is 4. The molecule has 1 aromatic carbocycles. The zero-order chi connectivity index (χ0) is 12.8. The molecule has 0 unspecified atom stereocenters. The van der Waals surface area contributed by atoms with E-state index in [1.54, 1.807) is 18.2 Å². The molecule has 0 bridgehead atoms. The molecular formula is C13H15O4. The molecule has 91 valence electrons. The fraction of sp³-hybridized carbons (Fsp3) is 0.308. The third-order valence-electron chi connectivity index (χ3n) is 2.36. The summed E-state index contributed by atoms with van der Waals surface area (Å²) in [6, 6.07) is 5.00. The second kappa shape index (κ2) is 6.03. The van der Waals surface area contributed by atoms with Gasteiger partial charge >= 0.3 is 11.9 Å². The van der Waals surface area contributed by atoms with E-state index < -0.39 is 11.9 Å². The van der Waals surface area contributed by atoms with Crippen molar-refractivity contribution in [1.82, 2.24) is 0 Å². The van der Waals surface area contributed by atoms with Crippen LogP contribution in [-0.2, 0) is 15.9 Å². The molecule has 0 aromatic heterocycles. The van der Waals surface area contributed by atoms with Crippen molar-refractivity contribution in [2.75, 3.05) is 14.2 Å². The predicted molar refractivity (Wildman–Crippen MR) is 62.8 cm³/mol. The Morgan fingerprint density at radius 1 is 1.12 bits per heavy atom. The first-order chi connectivity index (χ1) is 8.13. The van der Waals surface area contributed by atoms with Gasteiger partial charge in [-0.25, -0.2) is 9.59 Å². The lowest BCUT2D eigenvalue weighted by atomic mass is 10.0. The van der Waals surface area contributed by atoms with Crippen LogP contribution in [0, 0.1) is 6.92 Å². The molecule has 1 rings (SSSR count). The van der Waals surface area contributed by atoms with Crippen LogP contribution in [0.4, 0.5) is 0 Å². The third kappa shape index (κ3) is 3.06. The van der Waals surface area contributed by atoms with Crippen molar-refractivity contribution in [3.63, 3.8) is 0 Å². The minimum atomic E-state index is -0.549. The van der Waals surface area contributed by atoms with Crippen LogP contribution in [0.2, 0.25) is 0 Å². The second-order valence-electron chi connectivity index (χ2n) is 3.47.